The molecule has 0 spiro atoms. The predicted octanol–water partition coefficient (Wildman–Crippen LogP) is 2.37. The number of nitrogens with one attached hydrogen (secondary N) is 1. The third kappa shape index (κ3) is 5.19. The number of hydrogen-bond acceptors (Lipinski definition) is 4. The van der Waals surface area contributed by atoms with Gasteiger partial charge in [-0.15, -0.1) is 0 Å². The van der Waals surface area contributed by atoms with Gasteiger partial charge in [-0.2, -0.15) is 0 Å². The van der Waals surface area contributed by atoms with Gasteiger partial charge in [-0.25, -0.2) is 0 Å². The van der Waals surface area contributed by atoms with Crippen LogP contribution < -0.4 is 10.1 Å². The van der Waals surface area contributed by atoms with Gasteiger partial charge in [0.15, 0.2) is 0 Å². The van der Waals surface area contributed by atoms with E-state index in [2.05, 4.69) is 42.3 Å². The molecule has 0 saturated carbocycles. The summed E-state index contributed by atoms with van der Waals surface area (Å²) in [5.74, 6) is 1.55. The molecule has 2 heterocycles. The fourth-order valence-electron chi connectivity index (χ4n) is 3.50. The number of rotatable bonds is 5. The fourth-order valence-corrected chi connectivity index (χ4v) is 3.50. The normalized spacial score (nSPS) is 21.3. The summed E-state index contributed by atoms with van der Waals surface area (Å²) in [7, 11) is 0. The minimum absolute atomic E-state index is 0.0238. The number of carbonyl (C=O) groups excluding carboxylic acids is 1. The topological polar surface area (TPSA) is 50.8 Å². The van der Waals surface area contributed by atoms with E-state index < -0.39 is 0 Å². The second-order valence-electron chi connectivity index (χ2n) is 7.48. The summed E-state index contributed by atoms with van der Waals surface area (Å²) in [4.78, 5) is 14.8. The van der Waals surface area contributed by atoms with E-state index in [1.54, 1.807) is 0 Å². The molecular weight excluding hydrogens is 316 g/mol. The highest BCUT2D eigenvalue weighted by atomic mass is 16.5. The summed E-state index contributed by atoms with van der Waals surface area (Å²) in [5.41, 5.74) is 2.34. The van der Waals surface area contributed by atoms with Gasteiger partial charge in [0, 0.05) is 26.2 Å². The highest BCUT2D eigenvalue weighted by molar-refractivity contribution is 5.81. The quantitative estimate of drug-likeness (QED) is 0.889. The summed E-state index contributed by atoms with van der Waals surface area (Å²) in [5, 5.41) is 3.02. The van der Waals surface area contributed by atoms with Crippen LogP contribution in [0, 0.1) is 5.92 Å². The molecule has 1 unspecified atom stereocenters. The average molecular weight is 346 g/mol. The van der Waals surface area contributed by atoms with E-state index in [0.29, 0.717) is 25.6 Å². The monoisotopic (exact) mass is 346 g/mol. The van der Waals surface area contributed by atoms with E-state index in [-0.39, 0.29) is 12.0 Å². The molecular formula is C20H30N2O3. The van der Waals surface area contributed by atoms with Gasteiger partial charge in [-0.05, 0) is 42.4 Å². The second-order valence-corrected chi connectivity index (χ2v) is 7.48. The van der Waals surface area contributed by atoms with E-state index in [9.17, 15) is 4.79 Å². The second kappa shape index (κ2) is 8.68. The number of amides is 1. The predicted molar refractivity (Wildman–Crippen MR) is 97.7 cm³/mol. The number of fused-ring (bicyclic) bond motifs is 1. The molecule has 2 aliphatic heterocycles. The lowest BCUT2D eigenvalue weighted by atomic mass is 10.1. The van der Waals surface area contributed by atoms with E-state index in [4.69, 9.17) is 9.47 Å². The Morgan fingerprint density at radius 1 is 1.32 bits per heavy atom. The van der Waals surface area contributed by atoms with Crippen LogP contribution in [0.3, 0.4) is 0 Å². The summed E-state index contributed by atoms with van der Waals surface area (Å²) >= 11 is 0. The minimum Gasteiger partial charge on any atom is -0.493 e. The Morgan fingerprint density at radius 3 is 3.04 bits per heavy atom. The maximum atomic E-state index is 12.5. The van der Waals surface area contributed by atoms with Gasteiger partial charge in [0.05, 0.1) is 13.2 Å². The summed E-state index contributed by atoms with van der Waals surface area (Å²) < 4.78 is 11.5. The number of hydrogen-bond donors (Lipinski definition) is 1. The largest absolute Gasteiger partial charge is 0.493 e. The van der Waals surface area contributed by atoms with Crippen molar-refractivity contribution in [3.05, 3.63) is 29.3 Å². The number of nitrogens with zero attached hydrogens (tertiary/aromatic N) is 1. The molecule has 138 valence electrons. The maximum absolute atomic E-state index is 12.5. The van der Waals surface area contributed by atoms with E-state index in [1.165, 1.54) is 12.0 Å². The molecule has 1 aromatic rings. The maximum Gasteiger partial charge on any atom is 0.250 e. The van der Waals surface area contributed by atoms with E-state index in [0.717, 1.165) is 43.9 Å². The zero-order valence-electron chi connectivity index (χ0n) is 15.4. The first-order valence-electron chi connectivity index (χ1n) is 9.48. The Hall–Kier alpha value is -1.59. The lowest BCUT2D eigenvalue weighted by Crippen LogP contribution is -2.50. The van der Waals surface area contributed by atoms with Gasteiger partial charge in [0.2, 0.25) is 0 Å². The molecule has 1 atom stereocenters. The third-order valence-electron chi connectivity index (χ3n) is 4.76. The molecule has 1 amide bonds. The van der Waals surface area contributed by atoms with Gasteiger partial charge < -0.3 is 14.8 Å². The fraction of sp³-hybridized carbons (Fsp3) is 0.650. The Bertz CT molecular complexity index is 588. The van der Waals surface area contributed by atoms with Crippen molar-refractivity contribution in [3.8, 4) is 5.75 Å². The number of benzene rings is 1. The summed E-state index contributed by atoms with van der Waals surface area (Å²) in [6.45, 7) is 8.91. The smallest absolute Gasteiger partial charge is 0.250 e. The van der Waals surface area contributed by atoms with Crippen LogP contribution in [0.1, 0.15) is 37.8 Å². The van der Waals surface area contributed by atoms with Crippen molar-refractivity contribution in [3.63, 3.8) is 0 Å². The molecule has 1 N–H and O–H groups in total. The molecule has 0 radical (unpaired) electrons. The van der Waals surface area contributed by atoms with Gasteiger partial charge in [-0.1, -0.05) is 26.0 Å². The van der Waals surface area contributed by atoms with Crippen molar-refractivity contribution in [1.82, 2.24) is 10.2 Å². The van der Waals surface area contributed by atoms with Crippen LogP contribution in [0.4, 0.5) is 0 Å². The molecule has 0 aromatic heterocycles. The molecule has 1 fully saturated rings. The first kappa shape index (κ1) is 18.2. The number of morpholine rings is 1. The van der Waals surface area contributed by atoms with Gasteiger partial charge in [0.1, 0.15) is 11.9 Å². The van der Waals surface area contributed by atoms with Crippen LogP contribution in [0.25, 0.3) is 0 Å². The van der Waals surface area contributed by atoms with Crippen molar-refractivity contribution in [2.75, 3.05) is 32.8 Å². The highest BCUT2D eigenvalue weighted by Crippen LogP contribution is 2.25. The zero-order chi connectivity index (χ0) is 17.6. The van der Waals surface area contributed by atoms with Gasteiger partial charge >= 0.3 is 0 Å². The standard InChI is InChI=1S/C20H30N2O3/c1-15(2)13-22-8-10-25-19(14-22)20(23)21-12-16-6-7-17-5-3-4-9-24-18(17)11-16/h6-7,11,15,19H,3-5,8-10,12-14H2,1-2H3,(H,21,23). The van der Waals surface area contributed by atoms with Crippen molar-refractivity contribution >= 4 is 5.91 Å². The molecule has 0 aliphatic carbocycles. The van der Waals surface area contributed by atoms with Crippen molar-refractivity contribution in [2.24, 2.45) is 5.92 Å². The van der Waals surface area contributed by atoms with Crippen LogP contribution in [-0.4, -0.2) is 49.8 Å². The molecule has 25 heavy (non-hydrogen) atoms. The first-order valence-corrected chi connectivity index (χ1v) is 9.48. The Kier molecular flexibility index (Phi) is 6.32. The first-order chi connectivity index (χ1) is 12.1. The molecule has 5 nitrogen and oxygen atoms in total. The Balaban J connectivity index is 1.52. The molecule has 3 rings (SSSR count). The van der Waals surface area contributed by atoms with Crippen molar-refractivity contribution in [1.29, 1.82) is 0 Å². The van der Waals surface area contributed by atoms with Crippen LogP contribution in [0.5, 0.6) is 5.75 Å². The van der Waals surface area contributed by atoms with Crippen LogP contribution >= 0.6 is 0 Å². The lowest BCUT2D eigenvalue weighted by molar-refractivity contribution is -0.138. The minimum atomic E-state index is -0.371. The Morgan fingerprint density at radius 2 is 2.20 bits per heavy atom. The van der Waals surface area contributed by atoms with E-state index >= 15 is 0 Å². The summed E-state index contributed by atoms with van der Waals surface area (Å²) in [6, 6.07) is 6.28. The van der Waals surface area contributed by atoms with Crippen LogP contribution in [0.15, 0.2) is 18.2 Å². The number of aryl methyl sites for hydroxylation is 1. The number of carbonyl (C=O) groups is 1. The van der Waals surface area contributed by atoms with Crippen molar-refractivity contribution < 1.29 is 14.3 Å². The summed E-state index contributed by atoms with van der Waals surface area (Å²) in [6.07, 6.45) is 2.98. The molecule has 1 aromatic carbocycles. The lowest BCUT2D eigenvalue weighted by Gasteiger charge is -2.33. The SMILES string of the molecule is CC(C)CN1CCOC(C(=O)NCc2ccc3c(c2)OCCCC3)C1. The average Bonchev–Trinajstić information content (AvgIpc) is 2.84. The molecule has 2 aliphatic rings. The number of ether oxygens (including phenoxy) is 2. The third-order valence-corrected chi connectivity index (χ3v) is 4.76. The van der Waals surface area contributed by atoms with E-state index in [1.807, 2.05) is 0 Å². The van der Waals surface area contributed by atoms with Gasteiger partial charge in [0.25, 0.3) is 5.91 Å². The molecule has 1 saturated heterocycles. The highest BCUT2D eigenvalue weighted by Gasteiger charge is 2.26. The zero-order valence-corrected chi connectivity index (χ0v) is 15.4. The molecule has 5 heteroatoms. The van der Waals surface area contributed by atoms with Crippen LogP contribution in [0.2, 0.25) is 0 Å². The Labute approximate surface area is 150 Å². The van der Waals surface area contributed by atoms with Crippen molar-refractivity contribution in [2.45, 2.75) is 45.8 Å². The van der Waals surface area contributed by atoms with Gasteiger partial charge in [-0.3, -0.25) is 9.69 Å². The molecule has 0 bridgehead atoms. The van der Waals surface area contributed by atoms with Crippen LogP contribution in [-0.2, 0) is 22.5 Å².